The SMILES string of the molecule is C=C[C@]1(OC(C)=O)CC[C@H]2[C@@H]3CC[C@H]4C[C@@H](OC(C)=O)CC[C@]4(C)[C@H]3CC[C@@]21C. The van der Waals surface area contributed by atoms with Crippen LogP contribution in [0.5, 0.6) is 0 Å². The summed E-state index contributed by atoms with van der Waals surface area (Å²) in [5, 5.41) is 0. The molecule has 4 aliphatic carbocycles. The van der Waals surface area contributed by atoms with Crippen molar-refractivity contribution in [1.29, 1.82) is 0 Å². The maximum absolute atomic E-state index is 11.9. The predicted octanol–water partition coefficient (Wildman–Crippen LogP) is 5.45. The summed E-state index contributed by atoms with van der Waals surface area (Å²) in [5.41, 5.74) is -0.152. The molecule has 8 atom stereocenters. The maximum Gasteiger partial charge on any atom is 0.303 e. The summed E-state index contributed by atoms with van der Waals surface area (Å²) < 4.78 is 11.6. The van der Waals surface area contributed by atoms with Crippen molar-refractivity contribution < 1.29 is 19.1 Å². The first-order valence-electron chi connectivity index (χ1n) is 11.7. The molecule has 0 radical (unpaired) electrons. The summed E-state index contributed by atoms with van der Waals surface area (Å²) in [6.07, 6.45) is 12.1. The number of carbonyl (C=O) groups excluding carboxylic acids is 2. The summed E-state index contributed by atoms with van der Waals surface area (Å²) in [6.45, 7) is 12.0. The van der Waals surface area contributed by atoms with Crippen molar-refractivity contribution in [1.82, 2.24) is 0 Å². The van der Waals surface area contributed by atoms with Crippen LogP contribution < -0.4 is 0 Å². The van der Waals surface area contributed by atoms with E-state index in [1.165, 1.54) is 33.1 Å². The minimum Gasteiger partial charge on any atom is -0.463 e. The highest BCUT2D eigenvalue weighted by molar-refractivity contribution is 5.67. The van der Waals surface area contributed by atoms with Crippen molar-refractivity contribution in [2.24, 2.45) is 34.5 Å². The van der Waals surface area contributed by atoms with E-state index < -0.39 is 5.60 Å². The minimum absolute atomic E-state index is 0.000271. The molecule has 0 aromatic heterocycles. The fraction of sp³-hybridized carbons (Fsp3) is 0.840. The van der Waals surface area contributed by atoms with Crippen LogP contribution in [-0.4, -0.2) is 23.6 Å². The quantitative estimate of drug-likeness (QED) is 0.465. The zero-order valence-corrected chi connectivity index (χ0v) is 18.7. The molecule has 4 nitrogen and oxygen atoms in total. The number of esters is 2. The lowest BCUT2D eigenvalue weighted by molar-refractivity contribution is -0.179. The van der Waals surface area contributed by atoms with Gasteiger partial charge in [0, 0.05) is 19.3 Å². The van der Waals surface area contributed by atoms with Crippen LogP contribution in [0.25, 0.3) is 0 Å². The lowest BCUT2D eigenvalue weighted by Gasteiger charge is -2.61. The standard InChI is InChI=1S/C25H38O4/c1-6-25(29-17(3)27)14-11-22-20-8-7-18-15-19(28-16(2)26)9-12-23(18,4)21(20)10-13-24(22,25)5/h6,18-22H,1,7-15H2,2-5H3/t18-,19-,20+,21-,22-,23-,24-,25-/m0/s1. The second kappa shape index (κ2) is 7.13. The molecule has 4 fully saturated rings. The van der Waals surface area contributed by atoms with Crippen LogP contribution in [0.2, 0.25) is 0 Å². The van der Waals surface area contributed by atoms with Gasteiger partial charge < -0.3 is 9.47 Å². The van der Waals surface area contributed by atoms with Crippen LogP contribution in [0.15, 0.2) is 12.7 Å². The van der Waals surface area contributed by atoms with Gasteiger partial charge in [0.25, 0.3) is 0 Å². The number of hydrogen-bond donors (Lipinski definition) is 0. The molecular weight excluding hydrogens is 364 g/mol. The lowest BCUT2D eigenvalue weighted by Crippen LogP contribution is -2.57. The lowest BCUT2D eigenvalue weighted by atomic mass is 9.44. The van der Waals surface area contributed by atoms with Gasteiger partial charge in [0.2, 0.25) is 0 Å². The van der Waals surface area contributed by atoms with E-state index in [4.69, 9.17) is 9.47 Å². The molecule has 4 heteroatoms. The Balaban J connectivity index is 1.56. The molecule has 0 aliphatic heterocycles. The van der Waals surface area contributed by atoms with Gasteiger partial charge >= 0.3 is 11.9 Å². The predicted molar refractivity (Wildman–Crippen MR) is 112 cm³/mol. The summed E-state index contributed by atoms with van der Waals surface area (Å²) in [5.74, 6) is 2.37. The molecule has 162 valence electrons. The molecule has 4 rings (SSSR count). The van der Waals surface area contributed by atoms with Crippen LogP contribution in [0.4, 0.5) is 0 Å². The molecule has 0 heterocycles. The molecular formula is C25H38O4. The average Bonchev–Trinajstić information content (AvgIpc) is 2.94. The summed E-state index contributed by atoms with van der Waals surface area (Å²) >= 11 is 0. The second-order valence-electron chi connectivity index (χ2n) is 10.8. The average molecular weight is 403 g/mol. The first kappa shape index (κ1) is 20.9. The van der Waals surface area contributed by atoms with E-state index in [2.05, 4.69) is 20.4 Å². The molecule has 4 aliphatic rings. The fourth-order valence-electron chi connectivity index (χ4n) is 8.40. The summed E-state index contributed by atoms with van der Waals surface area (Å²) in [7, 11) is 0. The number of rotatable bonds is 3. The van der Waals surface area contributed by atoms with Crippen molar-refractivity contribution in [3.63, 3.8) is 0 Å². The van der Waals surface area contributed by atoms with Gasteiger partial charge in [0.05, 0.1) is 0 Å². The Morgan fingerprint density at radius 3 is 2.31 bits per heavy atom. The zero-order chi connectivity index (χ0) is 21.0. The monoisotopic (exact) mass is 402 g/mol. The van der Waals surface area contributed by atoms with Gasteiger partial charge in [-0.3, -0.25) is 9.59 Å². The van der Waals surface area contributed by atoms with Crippen LogP contribution in [0.3, 0.4) is 0 Å². The normalized spacial score (nSPS) is 48.6. The molecule has 0 saturated heterocycles. The highest BCUT2D eigenvalue weighted by Crippen LogP contribution is 2.69. The van der Waals surface area contributed by atoms with Crippen molar-refractivity contribution in [3.05, 3.63) is 12.7 Å². The maximum atomic E-state index is 11.9. The van der Waals surface area contributed by atoms with Crippen molar-refractivity contribution in [2.45, 2.75) is 97.2 Å². The Morgan fingerprint density at radius 2 is 1.66 bits per heavy atom. The van der Waals surface area contributed by atoms with Crippen molar-refractivity contribution >= 4 is 11.9 Å². The van der Waals surface area contributed by atoms with Gasteiger partial charge in [-0.1, -0.05) is 20.4 Å². The Bertz CT molecular complexity index is 701. The number of ether oxygens (including phenoxy) is 2. The van der Waals surface area contributed by atoms with Gasteiger partial charge in [-0.2, -0.15) is 0 Å². The van der Waals surface area contributed by atoms with Crippen LogP contribution in [0, 0.1) is 34.5 Å². The number of carbonyl (C=O) groups is 2. The molecule has 4 saturated carbocycles. The highest BCUT2D eigenvalue weighted by Gasteiger charge is 2.65. The first-order chi connectivity index (χ1) is 13.6. The molecule has 29 heavy (non-hydrogen) atoms. The van der Waals surface area contributed by atoms with Gasteiger partial charge in [-0.05, 0) is 93.0 Å². The smallest absolute Gasteiger partial charge is 0.303 e. The van der Waals surface area contributed by atoms with Crippen molar-refractivity contribution in [2.75, 3.05) is 0 Å². The third-order valence-electron chi connectivity index (χ3n) is 9.79. The van der Waals surface area contributed by atoms with E-state index in [1.54, 1.807) is 0 Å². The van der Waals surface area contributed by atoms with Gasteiger partial charge in [0.15, 0.2) is 0 Å². The third-order valence-corrected chi connectivity index (χ3v) is 9.79. The summed E-state index contributed by atoms with van der Waals surface area (Å²) in [4.78, 5) is 23.3. The van der Waals surface area contributed by atoms with Crippen LogP contribution >= 0.6 is 0 Å². The van der Waals surface area contributed by atoms with E-state index in [9.17, 15) is 9.59 Å². The second-order valence-corrected chi connectivity index (χ2v) is 10.8. The fourth-order valence-corrected chi connectivity index (χ4v) is 8.40. The Morgan fingerprint density at radius 1 is 0.931 bits per heavy atom. The van der Waals surface area contributed by atoms with E-state index in [0.29, 0.717) is 23.2 Å². The highest BCUT2D eigenvalue weighted by atomic mass is 16.6. The molecule has 0 spiro atoms. The third kappa shape index (κ3) is 3.08. The molecule has 0 bridgehead atoms. The van der Waals surface area contributed by atoms with E-state index >= 15 is 0 Å². The van der Waals surface area contributed by atoms with E-state index in [-0.39, 0.29) is 23.5 Å². The molecule has 0 unspecified atom stereocenters. The first-order valence-corrected chi connectivity index (χ1v) is 11.7. The molecule has 0 amide bonds. The molecule has 0 N–H and O–H groups in total. The van der Waals surface area contributed by atoms with Crippen LogP contribution in [-0.2, 0) is 19.1 Å². The van der Waals surface area contributed by atoms with Crippen molar-refractivity contribution in [3.8, 4) is 0 Å². The Labute approximate surface area is 175 Å². The van der Waals surface area contributed by atoms with Gasteiger partial charge in [-0.25, -0.2) is 0 Å². The van der Waals surface area contributed by atoms with Crippen LogP contribution in [0.1, 0.15) is 85.5 Å². The largest absolute Gasteiger partial charge is 0.463 e. The Kier molecular flexibility index (Phi) is 5.15. The topological polar surface area (TPSA) is 52.6 Å². The zero-order valence-electron chi connectivity index (χ0n) is 18.7. The van der Waals surface area contributed by atoms with Gasteiger partial charge in [-0.15, -0.1) is 0 Å². The number of fused-ring (bicyclic) bond motifs is 5. The minimum atomic E-state index is -0.501. The molecule has 0 aromatic carbocycles. The Hall–Kier alpha value is -1.32. The molecule has 0 aromatic rings. The summed E-state index contributed by atoms with van der Waals surface area (Å²) in [6, 6.07) is 0. The number of hydrogen-bond acceptors (Lipinski definition) is 4. The van der Waals surface area contributed by atoms with E-state index in [0.717, 1.165) is 44.4 Å². The van der Waals surface area contributed by atoms with E-state index in [1.807, 2.05) is 6.08 Å². The van der Waals surface area contributed by atoms with Gasteiger partial charge in [0.1, 0.15) is 11.7 Å².